The first-order valence-corrected chi connectivity index (χ1v) is 5.45. The first-order chi connectivity index (χ1) is 7.52. The summed E-state index contributed by atoms with van der Waals surface area (Å²) >= 11 is 0. The molecule has 0 unspecified atom stereocenters. The van der Waals surface area contributed by atoms with Crippen LogP contribution in [-0.2, 0) is 5.41 Å². The summed E-state index contributed by atoms with van der Waals surface area (Å²) in [6.45, 7) is 6.54. The van der Waals surface area contributed by atoms with E-state index in [0.29, 0.717) is 0 Å². The largest absolute Gasteiger partial charge is 0.497 e. The van der Waals surface area contributed by atoms with Gasteiger partial charge in [0, 0.05) is 17.0 Å². The number of rotatable bonds is 1. The van der Waals surface area contributed by atoms with Crippen molar-refractivity contribution in [3.63, 3.8) is 0 Å². The second-order valence-corrected chi connectivity index (χ2v) is 5.00. The molecule has 1 heterocycles. The number of ether oxygens (including phenoxy) is 1. The summed E-state index contributed by atoms with van der Waals surface area (Å²) in [4.78, 5) is 4.49. The maximum Gasteiger partial charge on any atom is 0.119 e. The molecule has 0 saturated carbocycles. The van der Waals surface area contributed by atoms with Gasteiger partial charge in [-0.05, 0) is 29.7 Å². The Morgan fingerprint density at radius 3 is 2.50 bits per heavy atom. The van der Waals surface area contributed by atoms with Gasteiger partial charge in [-0.15, -0.1) is 0 Å². The maximum atomic E-state index is 5.23. The van der Waals surface area contributed by atoms with Gasteiger partial charge in [-0.25, -0.2) is 0 Å². The number of hydrogen-bond acceptors (Lipinski definition) is 2. The molecule has 1 aromatic heterocycles. The Labute approximate surface area is 96.3 Å². The molecular formula is C14H17NO. The molecule has 0 aliphatic heterocycles. The first kappa shape index (κ1) is 10.9. The normalized spacial score (nSPS) is 11.8. The molecule has 0 amide bonds. The van der Waals surface area contributed by atoms with Crippen LogP contribution in [0, 0.1) is 0 Å². The third-order valence-electron chi connectivity index (χ3n) is 2.68. The highest BCUT2D eigenvalue weighted by Gasteiger charge is 2.18. The first-order valence-electron chi connectivity index (χ1n) is 5.45. The molecule has 2 aromatic rings. The van der Waals surface area contributed by atoms with E-state index < -0.39 is 0 Å². The molecule has 0 saturated heterocycles. The molecule has 0 N–H and O–H groups in total. The van der Waals surface area contributed by atoms with Crippen LogP contribution in [0.1, 0.15) is 26.5 Å². The highest BCUT2D eigenvalue weighted by atomic mass is 16.5. The number of hydrogen-bond donors (Lipinski definition) is 0. The summed E-state index contributed by atoms with van der Waals surface area (Å²) in [6.07, 6.45) is 1.86. The minimum atomic E-state index is 0.0636. The van der Waals surface area contributed by atoms with E-state index in [4.69, 9.17) is 4.74 Å². The van der Waals surface area contributed by atoms with Gasteiger partial charge in [0.2, 0.25) is 0 Å². The minimum Gasteiger partial charge on any atom is -0.497 e. The lowest BCUT2D eigenvalue weighted by Gasteiger charge is -2.19. The molecule has 84 valence electrons. The van der Waals surface area contributed by atoms with Gasteiger partial charge in [-0.1, -0.05) is 20.8 Å². The Bertz CT molecular complexity index is 512. The Morgan fingerprint density at radius 1 is 1.12 bits per heavy atom. The zero-order chi connectivity index (χ0) is 11.8. The highest BCUT2D eigenvalue weighted by Crippen LogP contribution is 2.29. The average Bonchev–Trinajstić information content (AvgIpc) is 2.26. The van der Waals surface area contributed by atoms with Crippen LogP contribution in [0.25, 0.3) is 10.8 Å². The quantitative estimate of drug-likeness (QED) is 0.726. The zero-order valence-corrected chi connectivity index (χ0v) is 10.2. The second kappa shape index (κ2) is 3.78. The molecule has 1 aromatic carbocycles. The SMILES string of the molecule is COc1ccc2c(C(C)(C)C)nccc2c1. The predicted octanol–water partition coefficient (Wildman–Crippen LogP) is 3.54. The number of pyridine rings is 1. The second-order valence-electron chi connectivity index (χ2n) is 5.00. The van der Waals surface area contributed by atoms with Crippen LogP contribution in [0.2, 0.25) is 0 Å². The van der Waals surface area contributed by atoms with Crippen LogP contribution in [0.5, 0.6) is 5.75 Å². The van der Waals surface area contributed by atoms with Crippen molar-refractivity contribution in [3.05, 3.63) is 36.2 Å². The van der Waals surface area contributed by atoms with E-state index in [-0.39, 0.29) is 5.41 Å². The van der Waals surface area contributed by atoms with Gasteiger partial charge in [-0.3, -0.25) is 4.98 Å². The number of fused-ring (bicyclic) bond motifs is 1. The highest BCUT2D eigenvalue weighted by molar-refractivity contribution is 5.86. The average molecular weight is 215 g/mol. The molecule has 2 rings (SSSR count). The van der Waals surface area contributed by atoms with Crippen LogP contribution >= 0.6 is 0 Å². The molecule has 0 atom stereocenters. The third-order valence-corrected chi connectivity index (χ3v) is 2.68. The summed E-state index contributed by atoms with van der Waals surface area (Å²) in [5.41, 5.74) is 1.20. The molecule has 0 fully saturated rings. The van der Waals surface area contributed by atoms with Gasteiger partial charge in [-0.2, -0.15) is 0 Å². The van der Waals surface area contributed by atoms with Crippen molar-refractivity contribution in [1.82, 2.24) is 4.98 Å². The van der Waals surface area contributed by atoms with Crippen molar-refractivity contribution in [2.45, 2.75) is 26.2 Å². The zero-order valence-electron chi connectivity index (χ0n) is 10.2. The van der Waals surface area contributed by atoms with Gasteiger partial charge in [0.1, 0.15) is 5.75 Å². The summed E-state index contributed by atoms with van der Waals surface area (Å²) < 4.78 is 5.23. The number of methoxy groups -OCH3 is 1. The minimum absolute atomic E-state index is 0.0636. The van der Waals surface area contributed by atoms with Gasteiger partial charge in [0.05, 0.1) is 12.8 Å². The van der Waals surface area contributed by atoms with Gasteiger partial charge in [0.15, 0.2) is 0 Å². The van der Waals surface area contributed by atoms with Crippen molar-refractivity contribution in [3.8, 4) is 5.75 Å². The van der Waals surface area contributed by atoms with Gasteiger partial charge >= 0.3 is 0 Å². The molecular weight excluding hydrogens is 198 g/mol. The Balaban J connectivity index is 2.70. The predicted molar refractivity (Wildman–Crippen MR) is 67.0 cm³/mol. The maximum absolute atomic E-state index is 5.23. The fourth-order valence-electron chi connectivity index (χ4n) is 1.88. The van der Waals surface area contributed by atoms with Crippen molar-refractivity contribution >= 4 is 10.8 Å². The van der Waals surface area contributed by atoms with E-state index in [9.17, 15) is 0 Å². The van der Waals surface area contributed by atoms with Crippen molar-refractivity contribution in [2.75, 3.05) is 7.11 Å². The van der Waals surface area contributed by atoms with Crippen LogP contribution < -0.4 is 4.74 Å². The lowest BCUT2D eigenvalue weighted by atomic mass is 9.88. The molecule has 0 bridgehead atoms. The summed E-state index contributed by atoms with van der Waals surface area (Å²) in [7, 11) is 1.69. The van der Waals surface area contributed by atoms with E-state index in [0.717, 1.165) is 11.4 Å². The van der Waals surface area contributed by atoms with Crippen molar-refractivity contribution in [1.29, 1.82) is 0 Å². The summed E-state index contributed by atoms with van der Waals surface area (Å²) in [5, 5.41) is 2.38. The van der Waals surface area contributed by atoms with Crippen LogP contribution in [0.3, 0.4) is 0 Å². The Morgan fingerprint density at radius 2 is 1.88 bits per heavy atom. The van der Waals surface area contributed by atoms with Crippen LogP contribution in [0.15, 0.2) is 30.5 Å². The lowest BCUT2D eigenvalue weighted by molar-refractivity contribution is 0.415. The number of benzene rings is 1. The fraction of sp³-hybridized carbons (Fsp3) is 0.357. The molecule has 2 heteroatoms. The topological polar surface area (TPSA) is 22.1 Å². The third kappa shape index (κ3) is 1.87. The fourth-order valence-corrected chi connectivity index (χ4v) is 1.88. The Hall–Kier alpha value is -1.57. The van der Waals surface area contributed by atoms with E-state index in [2.05, 4.69) is 31.8 Å². The van der Waals surface area contributed by atoms with Crippen LogP contribution in [0.4, 0.5) is 0 Å². The van der Waals surface area contributed by atoms with Crippen LogP contribution in [-0.4, -0.2) is 12.1 Å². The smallest absolute Gasteiger partial charge is 0.119 e. The molecule has 16 heavy (non-hydrogen) atoms. The lowest BCUT2D eigenvalue weighted by Crippen LogP contribution is -2.13. The van der Waals surface area contributed by atoms with Gasteiger partial charge < -0.3 is 4.74 Å². The molecule has 0 aliphatic rings. The van der Waals surface area contributed by atoms with Gasteiger partial charge in [0.25, 0.3) is 0 Å². The summed E-state index contributed by atoms with van der Waals surface area (Å²) in [5.74, 6) is 0.888. The number of aromatic nitrogens is 1. The molecule has 0 aliphatic carbocycles. The van der Waals surface area contributed by atoms with Crippen molar-refractivity contribution in [2.24, 2.45) is 0 Å². The molecule has 2 nitrogen and oxygen atoms in total. The molecule has 0 spiro atoms. The van der Waals surface area contributed by atoms with E-state index >= 15 is 0 Å². The van der Waals surface area contributed by atoms with E-state index in [1.165, 1.54) is 10.8 Å². The van der Waals surface area contributed by atoms with Crippen molar-refractivity contribution < 1.29 is 4.74 Å². The standard InChI is InChI=1S/C14H17NO/c1-14(2,3)13-12-6-5-11(16-4)9-10(12)7-8-15-13/h5-9H,1-4H3. The molecule has 0 radical (unpaired) electrons. The van der Waals surface area contributed by atoms with E-state index in [1.54, 1.807) is 7.11 Å². The number of nitrogens with zero attached hydrogens (tertiary/aromatic N) is 1. The summed E-state index contributed by atoms with van der Waals surface area (Å²) in [6, 6.07) is 8.14. The van der Waals surface area contributed by atoms with E-state index in [1.807, 2.05) is 24.4 Å². The monoisotopic (exact) mass is 215 g/mol. The Kier molecular flexibility index (Phi) is 2.58.